The van der Waals surface area contributed by atoms with Crippen molar-refractivity contribution in [2.45, 2.75) is 3.79 Å². The first-order valence-electron chi connectivity index (χ1n) is 2.88. The van der Waals surface area contributed by atoms with Crippen molar-refractivity contribution < 1.29 is 0 Å². The van der Waals surface area contributed by atoms with Crippen molar-refractivity contribution in [1.82, 2.24) is 9.97 Å². The molecule has 8 heteroatoms. The van der Waals surface area contributed by atoms with Gasteiger partial charge >= 0.3 is 0 Å². The van der Waals surface area contributed by atoms with Crippen LogP contribution in [0, 0.1) is 7.27 Å². The van der Waals surface area contributed by atoms with E-state index in [2.05, 4.69) is 9.97 Å². The third-order valence-electron chi connectivity index (χ3n) is 1.09. The maximum absolute atomic E-state index is 5.60. The summed E-state index contributed by atoms with van der Waals surface area (Å²) in [5.41, 5.74) is 5.58. The van der Waals surface area contributed by atoms with E-state index in [1.807, 2.05) is 45.2 Å². The highest BCUT2D eigenvalue weighted by atomic mass is 127. The van der Waals surface area contributed by atoms with Gasteiger partial charge in [0.05, 0.1) is 3.57 Å². The second-order valence-electron chi connectivity index (χ2n) is 2.04. The molecular formula is C5H2Cl3I2N3. The van der Waals surface area contributed by atoms with E-state index in [1.54, 1.807) is 0 Å². The minimum atomic E-state index is -1.63. The standard InChI is InChI=1S/C5H2Cl3I2N3/c6-5(7,8)4-12-2(10)1(9)3(11)13-4/h(H2,11,12,13). The molecule has 1 aromatic heterocycles. The lowest BCUT2D eigenvalue weighted by atomic mass is 10.5. The van der Waals surface area contributed by atoms with Crippen LogP contribution < -0.4 is 5.73 Å². The molecule has 1 heterocycles. The van der Waals surface area contributed by atoms with Crippen LogP contribution in [0.5, 0.6) is 0 Å². The lowest BCUT2D eigenvalue weighted by molar-refractivity contribution is 0.952. The van der Waals surface area contributed by atoms with E-state index in [4.69, 9.17) is 40.5 Å². The minimum Gasteiger partial charge on any atom is -0.383 e. The summed E-state index contributed by atoms with van der Waals surface area (Å²) in [6, 6.07) is 0. The van der Waals surface area contributed by atoms with Gasteiger partial charge in [-0.3, -0.25) is 0 Å². The lowest BCUT2D eigenvalue weighted by Gasteiger charge is -2.10. The first-order chi connectivity index (χ1) is 5.82. The molecule has 0 radical (unpaired) electrons. The summed E-state index contributed by atoms with van der Waals surface area (Å²) in [5.74, 6) is 0.418. The molecule has 0 saturated heterocycles. The quantitative estimate of drug-likeness (QED) is 0.365. The third-order valence-corrected chi connectivity index (χ3v) is 4.47. The summed E-state index contributed by atoms with van der Waals surface area (Å²) >= 11 is 20.8. The Hall–Kier alpha value is 1.21. The zero-order valence-electron chi connectivity index (χ0n) is 5.86. The number of alkyl halides is 3. The Kier molecular flexibility index (Phi) is 4.14. The van der Waals surface area contributed by atoms with Gasteiger partial charge in [-0.2, -0.15) is 0 Å². The zero-order valence-corrected chi connectivity index (χ0v) is 12.4. The number of hydrogen-bond acceptors (Lipinski definition) is 3. The SMILES string of the molecule is Nc1nc(C(Cl)(Cl)Cl)nc(I)c1I. The van der Waals surface area contributed by atoms with E-state index in [-0.39, 0.29) is 5.82 Å². The highest BCUT2D eigenvalue weighted by molar-refractivity contribution is 14.1. The largest absolute Gasteiger partial charge is 0.383 e. The number of aromatic nitrogens is 2. The van der Waals surface area contributed by atoms with E-state index < -0.39 is 3.79 Å². The fraction of sp³-hybridized carbons (Fsp3) is 0.200. The van der Waals surface area contributed by atoms with Crippen molar-refractivity contribution >= 4 is 85.8 Å². The molecule has 0 atom stereocenters. The van der Waals surface area contributed by atoms with E-state index in [0.29, 0.717) is 9.52 Å². The Bertz CT molecular complexity index is 315. The van der Waals surface area contributed by atoms with Gasteiger partial charge in [0.15, 0.2) is 5.82 Å². The molecular weight excluding hydrogens is 462 g/mol. The summed E-state index contributed by atoms with van der Waals surface area (Å²) in [7, 11) is 0. The first kappa shape index (κ1) is 12.3. The van der Waals surface area contributed by atoms with Gasteiger partial charge in [-0.25, -0.2) is 9.97 Å². The van der Waals surface area contributed by atoms with Crippen LogP contribution in [0.3, 0.4) is 0 Å². The highest BCUT2D eigenvalue weighted by Gasteiger charge is 2.28. The Labute approximate surface area is 117 Å². The lowest BCUT2D eigenvalue weighted by Crippen LogP contribution is -2.12. The first-order valence-corrected chi connectivity index (χ1v) is 6.17. The summed E-state index contributed by atoms with van der Waals surface area (Å²) in [6.45, 7) is 0. The molecule has 0 aliphatic heterocycles. The van der Waals surface area contributed by atoms with E-state index in [1.165, 1.54) is 0 Å². The van der Waals surface area contributed by atoms with Crippen LogP contribution in [0.4, 0.5) is 5.82 Å². The Morgan fingerprint density at radius 1 is 1.15 bits per heavy atom. The summed E-state index contributed by atoms with van der Waals surface area (Å²) in [6.07, 6.45) is 0. The zero-order chi connectivity index (χ0) is 10.2. The second-order valence-corrected chi connectivity index (χ2v) is 6.42. The van der Waals surface area contributed by atoms with Gasteiger partial charge in [0.25, 0.3) is 0 Å². The molecule has 0 spiro atoms. The number of rotatable bonds is 0. The molecule has 0 unspecified atom stereocenters. The van der Waals surface area contributed by atoms with E-state index >= 15 is 0 Å². The van der Waals surface area contributed by atoms with Crippen LogP contribution in [0.25, 0.3) is 0 Å². The number of hydrogen-bond donors (Lipinski definition) is 1. The van der Waals surface area contributed by atoms with E-state index in [0.717, 1.165) is 3.57 Å². The molecule has 1 aromatic rings. The molecule has 0 bridgehead atoms. The Morgan fingerprint density at radius 3 is 2.08 bits per heavy atom. The topological polar surface area (TPSA) is 51.8 Å². The number of nitrogen functional groups attached to an aromatic ring is 1. The van der Waals surface area contributed by atoms with Crippen molar-refractivity contribution in [2.75, 3.05) is 5.73 Å². The number of anilines is 1. The number of halogens is 5. The summed E-state index contributed by atoms with van der Waals surface area (Å²) < 4.78 is -0.193. The average molecular weight is 464 g/mol. The minimum absolute atomic E-state index is 0.0971. The molecule has 1 rings (SSSR count). The molecule has 0 aliphatic rings. The Balaban J connectivity index is 3.29. The average Bonchev–Trinajstić information content (AvgIpc) is 1.97. The highest BCUT2D eigenvalue weighted by Crippen LogP contribution is 2.37. The molecule has 72 valence electrons. The van der Waals surface area contributed by atoms with Gasteiger partial charge in [-0.1, -0.05) is 34.8 Å². The van der Waals surface area contributed by atoms with Gasteiger partial charge < -0.3 is 5.73 Å². The predicted molar refractivity (Wildman–Crippen MR) is 71.1 cm³/mol. The fourth-order valence-electron chi connectivity index (χ4n) is 0.563. The van der Waals surface area contributed by atoms with Crippen molar-refractivity contribution in [3.8, 4) is 0 Å². The third kappa shape index (κ3) is 3.08. The van der Waals surface area contributed by atoms with Crippen molar-refractivity contribution in [1.29, 1.82) is 0 Å². The second kappa shape index (κ2) is 4.38. The van der Waals surface area contributed by atoms with Crippen LogP contribution in [0.2, 0.25) is 0 Å². The van der Waals surface area contributed by atoms with Crippen LogP contribution in [-0.2, 0) is 3.79 Å². The van der Waals surface area contributed by atoms with Crippen molar-refractivity contribution in [3.05, 3.63) is 13.1 Å². The maximum Gasteiger partial charge on any atom is 0.250 e. The van der Waals surface area contributed by atoms with Crippen LogP contribution >= 0.6 is 80.0 Å². The predicted octanol–water partition coefficient (Wildman–Crippen LogP) is 3.09. The molecule has 0 aliphatic carbocycles. The fourth-order valence-corrected chi connectivity index (χ4v) is 1.56. The molecule has 3 nitrogen and oxygen atoms in total. The normalized spacial score (nSPS) is 11.8. The molecule has 13 heavy (non-hydrogen) atoms. The van der Waals surface area contributed by atoms with Gasteiger partial charge in [-0.15, -0.1) is 0 Å². The smallest absolute Gasteiger partial charge is 0.250 e. The molecule has 0 aromatic carbocycles. The molecule has 0 amide bonds. The summed E-state index contributed by atoms with van der Waals surface area (Å²) in [4.78, 5) is 7.86. The van der Waals surface area contributed by atoms with Crippen molar-refractivity contribution in [3.63, 3.8) is 0 Å². The van der Waals surface area contributed by atoms with Gasteiger partial charge in [-0.05, 0) is 45.2 Å². The maximum atomic E-state index is 5.60. The van der Waals surface area contributed by atoms with Crippen LogP contribution in [0.1, 0.15) is 5.82 Å². The number of nitrogens with zero attached hydrogens (tertiary/aromatic N) is 2. The molecule has 2 N–H and O–H groups in total. The van der Waals surface area contributed by atoms with E-state index in [9.17, 15) is 0 Å². The number of nitrogens with two attached hydrogens (primary N) is 1. The van der Waals surface area contributed by atoms with Gasteiger partial charge in [0.1, 0.15) is 9.52 Å². The van der Waals surface area contributed by atoms with Gasteiger partial charge in [0, 0.05) is 0 Å². The summed E-state index contributed by atoms with van der Waals surface area (Å²) in [5, 5.41) is 0. The van der Waals surface area contributed by atoms with Crippen molar-refractivity contribution in [2.24, 2.45) is 0 Å². The van der Waals surface area contributed by atoms with Gasteiger partial charge in [0.2, 0.25) is 3.79 Å². The molecule has 0 saturated carbocycles. The van der Waals surface area contributed by atoms with Crippen LogP contribution in [-0.4, -0.2) is 9.97 Å². The molecule has 0 fully saturated rings. The Morgan fingerprint density at radius 2 is 1.69 bits per heavy atom. The monoisotopic (exact) mass is 463 g/mol. The van der Waals surface area contributed by atoms with Crippen LogP contribution in [0.15, 0.2) is 0 Å².